The third kappa shape index (κ3) is 1.65. The second-order valence-corrected chi connectivity index (χ2v) is 4.22. The highest BCUT2D eigenvalue weighted by Gasteiger charge is 2.40. The van der Waals surface area contributed by atoms with Crippen LogP contribution in [-0.2, 0) is 16.0 Å². The van der Waals surface area contributed by atoms with E-state index < -0.39 is 5.66 Å². The van der Waals surface area contributed by atoms with Crippen molar-refractivity contribution in [2.24, 2.45) is 5.73 Å². The summed E-state index contributed by atoms with van der Waals surface area (Å²) in [6, 6.07) is 8.01. The molecule has 1 aliphatic rings. The van der Waals surface area contributed by atoms with E-state index in [-0.39, 0.29) is 12.4 Å². The molecule has 0 saturated heterocycles. The molecule has 2 rings (SSSR count). The van der Waals surface area contributed by atoms with Gasteiger partial charge in [-0.3, -0.25) is 4.79 Å². The Kier molecular flexibility index (Phi) is 2.59. The fraction of sp³-hybridized carbons (Fsp3) is 0.417. The smallest absolute Gasteiger partial charge is 0.309 e. The SMILES string of the molecule is COC(=O)CC1(N)Cc2ccccc2N1C. The van der Waals surface area contributed by atoms with Crippen LogP contribution >= 0.6 is 0 Å². The van der Waals surface area contributed by atoms with Crippen molar-refractivity contribution in [1.29, 1.82) is 0 Å². The summed E-state index contributed by atoms with van der Waals surface area (Å²) in [6.07, 6.45) is 0.878. The minimum atomic E-state index is -0.656. The second kappa shape index (κ2) is 3.79. The quantitative estimate of drug-likeness (QED) is 0.752. The summed E-state index contributed by atoms with van der Waals surface area (Å²) in [6.45, 7) is 0. The van der Waals surface area contributed by atoms with E-state index in [9.17, 15) is 4.79 Å². The molecule has 0 bridgehead atoms. The predicted molar refractivity (Wildman–Crippen MR) is 62.1 cm³/mol. The highest BCUT2D eigenvalue weighted by molar-refractivity contribution is 5.73. The summed E-state index contributed by atoms with van der Waals surface area (Å²) in [5, 5.41) is 0. The lowest BCUT2D eigenvalue weighted by Gasteiger charge is -2.32. The van der Waals surface area contributed by atoms with E-state index >= 15 is 0 Å². The summed E-state index contributed by atoms with van der Waals surface area (Å²) in [7, 11) is 3.29. The average Bonchev–Trinajstić information content (AvgIpc) is 2.52. The van der Waals surface area contributed by atoms with Gasteiger partial charge in [-0.05, 0) is 11.6 Å². The normalized spacial score (nSPS) is 23.1. The van der Waals surface area contributed by atoms with Gasteiger partial charge in [0.15, 0.2) is 0 Å². The third-order valence-corrected chi connectivity index (χ3v) is 3.20. The molecule has 1 unspecified atom stereocenters. The van der Waals surface area contributed by atoms with Gasteiger partial charge >= 0.3 is 5.97 Å². The minimum Gasteiger partial charge on any atom is -0.469 e. The molecular weight excluding hydrogens is 204 g/mol. The van der Waals surface area contributed by atoms with Crippen molar-refractivity contribution in [1.82, 2.24) is 0 Å². The van der Waals surface area contributed by atoms with Crippen LogP contribution in [-0.4, -0.2) is 25.8 Å². The number of fused-ring (bicyclic) bond motifs is 1. The lowest BCUT2D eigenvalue weighted by atomic mass is 10.0. The van der Waals surface area contributed by atoms with E-state index in [0.29, 0.717) is 6.42 Å². The van der Waals surface area contributed by atoms with Gasteiger partial charge in [0.2, 0.25) is 0 Å². The van der Waals surface area contributed by atoms with Gasteiger partial charge in [0, 0.05) is 19.2 Å². The van der Waals surface area contributed by atoms with Crippen LogP contribution < -0.4 is 10.6 Å². The summed E-state index contributed by atoms with van der Waals surface area (Å²) in [5.74, 6) is -0.276. The van der Waals surface area contributed by atoms with Gasteiger partial charge in [0.1, 0.15) is 5.66 Å². The molecule has 86 valence electrons. The number of rotatable bonds is 2. The second-order valence-electron chi connectivity index (χ2n) is 4.22. The number of methoxy groups -OCH3 is 1. The topological polar surface area (TPSA) is 55.6 Å². The van der Waals surface area contributed by atoms with Crippen molar-refractivity contribution in [2.45, 2.75) is 18.5 Å². The molecule has 4 nitrogen and oxygen atoms in total. The maximum atomic E-state index is 11.3. The predicted octanol–water partition coefficient (Wildman–Crippen LogP) is 0.897. The first-order valence-corrected chi connectivity index (χ1v) is 5.24. The molecule has 0 fully saturated rings. The van der Waals surface area contributed by atoms with E-state index in [2.05, 4.69) is 4.74 Å². The molecular formula is C12H16N2O2. The fourth-order valence-corrected chi connectivity index (χ4v) is 2.18. The first kappa shape index (κ1) is 11.0. The molecule has 1 aromatic carbocycles. The standard InChI is InChI=1S/C12H16N2O2/c1-14-10-6-4-3-5-9(10)7-12(14,13)8-11(15)16-2/h3-6H,7-8,13H2,1-2H3. The maximum Gasteiger partial charge on any atom is 0.309 e. The Morgan fingerprint density at radius 3 is 2.88 bits per heavy atom. The van der Waals surface area contributed by atoms with E-state index in [1.165, 1.54) is 12.7 Å². The number of ether oxygens (including phenoxy) is 1. The number of benzene rings is 1. The molecule has 16 heavy (non-hydrogen) atoms. The van der Waals surface area contributed by atoms with Crippen molar-refractivity contribution in [3.05, 3.63) is 29.8 Å². The van der Waals surface area contributed by atoms with Crippen LogP contribution in [0.25, 0.3) is 0 Å². The lowest BCUT2D eigenvalue weighted by molar-refractivity contribution is -0.141. The largest absolute Gasteiger partial charge is 0.469 e. The molecule has 1 heterocycles. The van der Waals surface area contributed by atoms with Crippen molar-refractivity contribution < 1.29 is 9.53 Å². The number of anilines is 1. The average molecular weight is 220 g/mol. The zero-order chi connectivity index (χ0) is 11.8. The van der Waals surface area contributed by atoms with Gasteiger partial charge < -0.3 is 15.4 Å². The first-order valence-electron chi connectivity index (χ1n) is 5.24. The van der Waals surface area contributed by atoms with Gasteiger partial charge in [-0.2, -0.15) is 0 Å². The molecule has 0 amide bonds. The monoisotopic (exact) mass is 220 g/mol. The zero-order valence-electron chi connectivity index (χ0n) is 9.56. The highest BCUT2D eigenvalue weighted by Crippen LogP contribution is 2.36. The van der Waals surface area contributed by atoms with Gasteiger partial charge in [0.05, 0.1) is 13.5 Å². The number of hydrogen-bond acceptors (Lipinski definition) is 4. The number of esters is 1. The lowest BCUT2D eigenvalue weighted by Crippen LogP contribution is -2.54. The Hall–Kier alpha value is -1.55. The number of nitrogens with zero attached hydrogens (tertiary/aromatic N) is 1. The van der Waals surface area contributed by atoms with E-state index in [0.717, 1.165) is 5.69 Å². The van der Waals surface area contributed by atoms with Crippen LogP contribution in [0.15, 0.2) is 24.3 Å². The number of carbonyl (C=O) groups is 1. The number of para-hydroxylation sites is 1. The third-order valence-electron chi connectivity index (χ3n) is 3.20. The Bertz CT molecular complexity index is 419. The van der Waals surface area contributed by atoms with Crippen molar-refractivity contribution in [3.63, 3.8) is 0 Å². The Morgan fingerprint density at radius 2 is 2.25 bits per heavy atom. The summed E-state index contributed by atoms with van der Waals surface area (Å²) in [5.41, 5.74) is 7.87. The van der Waals surface area contributed by atoms with Crippen LogP contribution in [0.1, 0.15) is 12.0 Å². The Morgan fingerprint density at radius 1 is 1.56 bits per heavy atom. The van der Waals surface area contributed by atoms with Crippen LogP contribution in [0.5, 0.6) is 0 Å². The van der Waals surface area contributed by atoms with Crippen LogP contribution in [0.2, 0.25) is 0 Å². The van der Waals surface area contributed by atoms with Crippen LogP contribution in [0, 0.1) is 0 Å². The molecule has 1 atom stereocenters. The molecule has 1 aliphatic heterocycles. The van der Waals surface area contributed by atoms with E-state index in [4.69, 9.17) is 5.73 Å². The molecule has 0 saturated carbocycles. The van der Waals surface area contributed by atoms with Gasteiger partial charge in [-0.1, -0.05) is 18.2 Å². The summed E-state index contributed by atoms with van der Waals surface area (Å²) in [4.78, 5) is 13.3. The maximum absolute atomic E-state index is 11.3. The van der Waals surface area contributed by atoms with Crippen molar-refractivity contribution in [3.8, 4) is 0 Å². The zero-order valence-corrected chi connectivity index (χ0v) is 9.56. The summed E-state index contributed by atoms with van der Waals surface area (Å²) >= 11 is 0. The fourth-order valence-electron chi connectivity index (χ4n) is 2.18. The van der Waals surface area contributed by atoms with Crippen LogP contribution in [0.3, 0.4) is 0 Å². The van der Waals surface area contributed by atoms with E-state index in [1.807, 2.05) is 36.2 Å². The van der Waals surface area contributed by atoms with E-state index in [1.54, 1.807) is 0 Å². The first-order chi connectivity index (χ1) is 7.57. The molecule has 0 aromatic heterocycles. The van der Waals surface area contributed by atoms with Crippen molar-refractivity contribution in [2.75, 3.05) is 19.1 Å². The molecule has 4 heteroatoms. The number of nitrogens with two attached hydrogens (primary N) is 1. The molecule has 0 spiro atoms. The minimum absolute atomic E-state index is 0.203. The van der Waals surface area contributed by atoms with Gasteiger partial charge in [-0.25, -0.2) is 0 Å². The number of hydrogen-bond donors (Lipinski definition) is 1. The Balaban J connectivity index is 2.26. The Labute approximate surface area is 95.0 Å². The molecule has 0 radical (unpaired) electrons. The van der Waals surface area contributed by atoms with Gasteiger partial charge in [-0.15, -0.1) is 0 Å². The van der Waals surface area contributed by atoms with Crippen LogP contribution in [0.4, 0.5) is 5.69 Å². The van der Waals surface area contributed by atoms with Gasteiger partial charge in [0.25, 0.3) is 0 Å². The van der Waals surface area contributed by atoms with Crippen molar-refractivity contribution >= 4 is 11.7 Å². The highest BCUT2D eigenvalue weighted by atomic mass is 16.5. The number of carbonyl (C=O) groups excluding carboxylic acids is 1. The molecule has 2 N–H and O–H groups in total. The molecule has 0 aliphatic carbocycles. The summed E-state index contributed by atoms with van der Waals surface area (Å²) < 4.78 is 4.68. The number of likely N-dealkylation sites (N-methyl/N-ethyl adjacent to an activating group) is 1. The molecule has 1 aromatic rings.